The number of aromatic nitrogens is 2. The van der Waals surface area contributed by atoms with Crippen LogP contribution >= 0.6 is 0 Å². The monoisotopic (exact) mass is 428 g/mol. The maximum atomic E-state index is 12.9. The Kier molecular flexibility index (Phi) is 6.12. The lowest BCUT2D eigenvalue weighted by atomic mass is 10.2. The Balaban J connectivity index is 1.55. The molecule has 1 aromatic heterocycles. The Bertz CT molecular complexity index is 1100. The molecule has 0 unspecified atom stereocenters. The van der Waals surface area contributed by atoms with Gasteiger partial charge < -0.3 is 14.4 Å². The standard InChI is InChI=1S/C21H24N4O4S/c1-28-15-16-29-21-22-19-10-6-5-9-18(19)20(23-21)24-11-13-25(14-12-24)30(26,27)17-7-3-2-4-8-17/h2-10H,11-16H2,1H3. The van der Waals surface area contributed by atoms with Crippen molar-refractivity contribution in [3.05, 3.63) is 54.6 Å². The van der Waals surface area contributed by atoms with Crippen LogP contribution in [-0.4, -0.2) is 69.2 Å². The summed E-state index contributed by atoms with van der Waals surface area (Å²) in [6.07, 6.45) is 0. The third kappa shape index (κ3) is 4.23. The second-order valence-electron chi connectivity index (χ2n) is 6.89. The van der Waals surface area contributed by atoms with Gasteiger partial charge >= 0.3 is 6.01 Å². The van der Waals surface area contributed by atoms with Crippen molar-refractivity contribution in [2.45, 2.75) is 4.90 Å². The number of piperazine rings is 1. The molecule has 0 amide bonds. The van der Waals surface area contributed by atoms with E-state index in [0.29, 0.717) is 50.3 Å². The SMILES string of the molecule is COCCOc1nc(N2CCN(S(=O)(=O)c3ccccc3)CC2)c2ccccc2n1. The minimum absolute atomic E-state index is 0.292. The first-order valence-electron chi connectivity index (χ1n) is 9.78. The predicted octanol–water partition coefficient (Wildman–Crippen LogP) is 2.17. The summed E-state index contributed by atoms with van der Waals surface area (Å²) in [5.41, 5.74) is 0.786. The number of nitrogens with zero attached hydrogens (tertiary/aromatic N) is 4. The number of methoxy groups -OCH3 is 1. The fraction of sp³-hybridized carbons (Fsp3) is 0.333. The molecule has 0 saturated carbocycles. The lowest BCUT2D eigenvalue weighted by Crippen LogP contribution is -2.49. The highest BCUT2D eigenvalue weighted by Crippen LogP contribution is 2.28. The first-order chi connectivity index (χ1) is 14.6. The fourth-order valence-electron chi connectivity index (χ4n) is 3.44. The van der Waals surface area contributed by atoms with E-state index in [4.69, 9.17) is 9.47 Å². The molecule has 9 heteroatoms. The number of anilines is 1. The molecular weight excluding hydrogens is 404 g/mol. The van der Waals surface area contributed by atoms with E-state index in [1.807, 2.05) is 30.3 Å². The molecule has 0 radical (unpaired) electrons. The molecule has 8 nitrogen and oxygen atoms in total. The number of hydrogen-bond donors (Lipinski definition) is 0. The van der Waals surface area contributed by atoms with Crippen molar-refractivity contribution in [2.75, 3.05) is 51.4 Å². The third-order valence-corrected chi connectivity index (χ3v) is 6.91. The smallest absolute Gasteiger partial charge is 0.319 e. The average molecular weight is 429 g/mol. The van der Waals surface area contributed by atoms with E-state index < -0.39 is 10.0 Å². The highest BCUT2D eigenvalue weighted by atomic mass is 32.2. The Hall–Kier alpha value is -2.75. The quantitative estimate of drug-likeness (QED) is 0.533. The zero-order valence-corrected chi connectivity index (χ0v) is 17.6. The van der Waals surface area contributed by atoms with Crippen molar-refractivity contribution < 1.29 is 17.9 Å². The van der Waals surface area contributed by atoms with Crippen molar-refractivity contribution in [1.82, 2.24) is 14.3 Å². The molecule has 2 heterocycles. The molecule has 0 bridgehead atoms. The summed E-state index contributed by atoms with van der Waals surface area (Å²) in [6.45, 7) is 2.64. The normalized spacial score (nSPS) is 15.4. The van der Waals surface area contributed by atoms with Gasteiger partial charge in [-0.1, -0.05) is 30.3 Å². The molecule has 3 aromatic rings. The van der Waals surface area contributed by atoms with Gasteiger partial charge in [0.1, 0.15) is 12.4 Å². The molecular formula is C21H24N4O4S. The van der Waals surface area contributed by atoms with Crippen LogP contribution in [0.3, 0.4) is 0 Å². The zero-order chi connectivity index (χ0) is 21.0. The number of fused-ring (bicyclic) bond motifs is 1. The van der Waals surface area contributed by atoms with E-state index in [2.05, 4.69) is 14.9 Å². The summed E-state index contributed by atoms with van der Waals surface area (Å²) in [6, 6.07) is 16.6. The molecule has 1 fully saturated rings. The van der Waals surface area contributed by atoms with Crippen LogP contribution in [0.5, 0.6) is 6.01 Å². The molecule has 158 valence electrons. The van der Waals surface area contributed by atoms with Crippen LogP contribution in [-0.2, 0) is 14.8 Å². The largest absolute Gasteiger partial charge is 0.461 e. The van der Waals surface area contributed by atoms with Crippen LogP contribution in [0.15, 0.2) is 59.5 Å². The van der Waals surface area contributed by atoms with E-state index in [9.17, 15) is 8.42 Å². The molecule has 0 N–H and O–H groups in total. The van der Waals surface area contributed by atoms with E-state index in [1.54, 1.807) is 31.4 Å². The van der Waals surface area contributed by atoms with Crippen LogP contribution < -0.4 is 9.64 Å². The van der Waals surface area contributed by atoms with Gasteiger partial charge in [-0.25, -0.2) is 8.42 Å². The minimum Gasteiger partial charge on any atom is -0.461 e. The van der Waals surface area contributed by atoms with Gasteiger partial charge in [-0.15, -0.1) is 0 Å². The Labute approximate surface area is 176 Å². The zero-order valence-electron chi connectivity index (χ0n) is 16.8. The van der Waals surface area contributed by atoms with Crippen molar-refractivity contribution in [2.24, 2.45) is 0 Å². The number of rotatable bonds is 7. The van der Waals surface area contributed by atoms with Crippen LogP contribution in [0.2, 0.25) is 0 Å². The molecule has 1 aliphatic rings. The topological polar surface area (TPSA) is 84.9 Å². The van der Waals surface area contributed by atoms with Crippen molar-refractivity contribution >= 4 is 26.7 Å². The maximum absolute atomic E-state index is 12.9. The van der Waals surface area contributed by atoms with Crippen molar-refractivity contribution in [3.63, 3.8) is 0 Å². The van der Waals surface area contributed by atoms with Gasteiger partial charge in [-0.05, 0) is 24.3 Å². The minimum atomic E-state index is -3.50. The van der Waals surface area contributed by atoms with Crippen molar-refractivity contribution in [1.29, 1.82) is 0 Å². The van der Waals surface area contributed by atoms with E-state index in [-0.39, 0.29) is 0 Å². The summed E-state index contributed by atoms with van der Waals surface area (Å²) in [5.74, 6) is 0.754. The summed E-state index contributed by atoms with van der Waals surface area (Å²) in [7, 11) is -1.89. The van der Waals surface area contributed by atoms with E-state index in [1.165, 1.54) is 4.31 Å². The number of benzene rings is 2. The Morgan fingerprint density at radius 1 is 0.900 bits per heavy atom. The van der Waals surface area contributed by atoms with Crippen molar-refractivity contribution in [3.8, 4) is 6.01 Å². The first-order valence-corrected chi connectivity index (χ1v) is 11.2. The molecule has 30 heavy (non-hydrogen) atoms. The van der Waals surface area contributed by atoms with Crippen LogP contribution in [0, 0.1) is 0 Å². The lowest BCUT2D eigenvalue weighted by molar-refractivity contribution is 0.141. The molecule has 0 spiro atoms. The van der Waals surface area contributed by atoms with E-state index >= 15 is 0 Å². The molecule has 1 aliphatic heterocycles. The van der Waals surface area contributed by atoms with Gasteiger partial charge in [0.25, 0.3) is 0 Å². The molecule has 2 aromatic carbocycles. The maximum Gasteiger partial charge on any atom is 0.319 e. The summed E-state index contributed by atoms with van der Waals surface area (Å²) < 4.78 is 38.0. The fourth-order valence-corrected chi connectivity index (χ4v) is 4.89. The summed E-state index contributed by atoms with van der Waals surface area (Å²) in [4.78, 5) is 11.5. The molecule has 0 atom stereocenters. The van der Waals surface area contributed by atoms with Crippen LogP contribution in [0.25, 0.3) is 10.9 Å². The van der Waals surface area contributed by atoms with Gasteiger partial charge in [0, 0.05) is 38.7 Å². The Morgan fingerprint density at radius 2 is 1.60 bits per heavy atom. The van der Waals surface area contributed by atoms with Crippen LogP contribution in [0.1, 0.15) is 0 Å². The van der Waals surface area contributed by atoms with Gasteiger partial charge in [-0.2, -0.15) is 14.3 Å². The number of para-hydroxylation sites is 1. The van der Waals surface area contributed by atoms with Gasteiger partial charge in [0.15, 0.2) is 0 Å². The van der Waals surface area contributed by atoms with Gasteiger partial charge in [0.05, 0.1) is 17.0 Å². The first kappa shape index (κ1) is 20.5. The molecule has 0 aliphatic carbocycles. The molecule has 4 rings (SSSR count). The second kappa shape index (κ2) is 8.95. The second-order valence-corrected chi connectivity index (χ2v) is 8.83. The number of hydrogen-bond acceptors (Lipinski definition) is 7. The number of ether oxygens (including phenoxy) is 2. The van der Waals surface area contributed by atoms with E-state index in [0.717, 1.165) is 16.7 Å². The highest BCUT2D eigenvalue weighted by molar-refractivity contribution is 7.89. The van der Waals surface area contributed by atoms with Gasteiger partial charge in [-0.3, -0.25) is 0 Å². The lowest BCUT2D eigenvalue weighted by Gasteiger charge is -2.35. The molecule has 1 saturated heterocycles. The summed E-state index contributed by atoms with van der Waals surface area (Å²) in [5, 5.41) is 0.913. The highest BCUT2D eigenvalue weighted by Gasteiger charge is 2.29. The average Bonchev–Trinajstić information content (AvgIpc) is 2.79. The predicted molar refractivity (Wildman–Crippen MR) is 114 cm³/mol. The van der Waals surface area contributed by atoms with Gasteiger partial charge in [0.2, 0.25) is 10.0 Å². The van der Waals surface area contributed by atoms with Crippen LogP contribution in [0.4, 0.5) is 5.82 Å². The Morgan fingerprint density at radius 3 is 2.33 bits per heavy atom. The summed E-state index contributed by atoms with van der Waals surface area (Å²) >= 11 is 0. The third-order valence-electron chi connectivity index (χ3n) is 5.00. The number of sulfonamides is 1.